The highest BCUT2D eigenvalue weighted by atomic mass is 32.1. The minimum absolute atomic E-state index is 0. The summed E-state index contributed by atoms with van der Waals surface area (Å²) in [5.41, 5.74) is 4.03. The second-order valence-corrected chi connectivity index (χ2v) is 9.35. The molecule has 0 radical (unpaired) electrons. The van der Waals surface area contributed by atoms with Crippen LogP contribution in [0.3, 0.4) is 0 Å². The summed E-state index contributed by atoms with van der Waals surface area (Å²) in [4.78, 5) is 35.4. The van der Waals surface area contributed by atoms with Crippen molar-refractivity contribution in [2.45, 2.75) is 51.0 Å². The molecule has 3 aromatic rings. The van der Waals surface area contributed by atoms with Crippen LogP contribution in [-0.2, 0) is 22.4 Å². The SMILES string of the molecule is O=C(O)C[C@@H](c1cnc2ccccc2c1)N1CC(CCCCc2ccc3c(n2)NCCC3)C1=O.S. The van der Waals surface area contributed by atoms with E-state index < -0.39 is 12.0 Å². The van der Waals surface area contributed by atoms with E-state index in [2.05, 4.69) is 22.4 Å². The number of likely N-dealkylation sites (tertiary alicyclic amines) is 1. The summed E-state index contributed by atoms with van der Waals surface area (Å²) < 4.78 is 0. The first-order valence-electron chi connectivity index (χ1n) is 12.2. The highest BCUT2D eigenvalue weighted by Gasteiger charge is 2.41. The van der Waals surface area contributed by atoms with Crippen molar-refractivity contribution >= 4 is 42.1 Å². The lowest BCUT2D eigenvalue weighted by Gasteiger charge is -2.43. The largest absolute Gasteiger partial charge is 0.481 e. The third-order valence-electron chi connectivity index (χ3n) is 6.98. The number of unbranched alkanes of at least 4 members (excludes halogenated alkanes) is 1. The van der Waals surface area contributed by atoms with Crippen molar-refractivity contribution in [2.75, 3.05) is 18.4 Å². The van der Waals surface area contributed by atoms with Crippen LogP contribution in [0.25, 0.3) is 10.9 Å². The smallest absolute Gasteiger partial charge is 0.305 e. The molecule has 0 bridgehead atoms. The maximum Gasteiger partial charge on any atom is 0.305 e. The Morgan fingerprint density at radius 1 is 1.20 bits per heavy atom. The molecular weight excluding hydrogens is 460 g/mol. The molecule has 7 nitrogen and oxygen atoms in total. The number of carbonyl (C=O) groups is 2. The molecule has 2 aliphatic rings. The standard InChI is InChI=1S/C27H30N4O3.H2S/c32-25(33)15-24(21-14-19-6-2-4-10-23(19)29-16-21)31-17-20(27(31)34)7-1-3-9-22-12-11-18-8-5-13-28-26(18)30-22;/h2,4,6,10-12,14,16,20,24H,1,3,5,7-9,13,15,17H2,(H,28,30)(H,32,33);1H2/t20?,24-;/m0./s1. The third-order valence-corrected chi connectivity index (χ3v) is 6.98. The van der Waals surface area contributed by atoms with Gasteiger partial charge in [0.25, 0.3) is 0 Å². The van der Waals surface area contributed by atoms with Crippen LogP contribution in [-0.4, -0.2) is 44.9 Å². The van der Waals surface area contributed by atoms with Crippen LogP contribution in [0, 0.1) is 5.92 Å². The molecule has 4 heterocycles. The fourth-order valence-electron chi connectivity index (χ4n) is 5.07. The number of hydrogen-bond donors (Lipinski definition) is 2. The van der Waals surface area contributed by atoms with E-state index in [-0.39, 0.29) is 31.7 Å². The monoisotopic (exact) mass is 492 g/mol. The number of benzene rings is 1. The van der Waals surface area contributed by atoms with Gasteiger partial charge in [-0.25, -0.2) is 4.98 Å². The number of aliphatic carboxylic acids is 1. The number of carboxylic acid groups (broad SMARTS) is 1. The van der Waals surface area contributed by atoms with Gasteiger partial charge in [-0.2, -0.15) is 13.5 Å². The van der Waals surface area contributed by atoms with Crippen molar-refractivity contribution in [3.63, 3.8) is 0 Å². The number of carboxylic acids is 1. The van der Waals surface area contributed by atoms with E-state index in [0.29, 0.717) is 6.54 Å². The number of anilines is 1. The highest BCUT2D eigenvalue weighted by Crippen LogP contribution is 2.35. The van der Waals surface area contributed by atoms with Gasteiger partial charge in [-0.15, -0.1) is 0 Å². The zero-order valence-electron chi connectivity index (χ0n) is 19.7. The molecule has 0 spiro atoms. The minimum atomic E-state index is -0.915. The maximum absolute atomic E-state index is 12.9. The number of aryl methyl sites for hydroxylation is 2. The van der Waals surface area contributed by atoms with Crippen LogP contribution in [0.1, 0.15) is 55.0 Å². The number of fused-ring (bicyclic) bond motifs is 2. The van der Waals surface area contributed by atoms with Gasteiger partial charge >= 0.3 is 5.97 Å². The predicted octanol–water partition coefficient (Wildman–Crippen LogP) is 4.49. The molecule has 2 N–H and O–H groups in total. The van der Waals surface area contributed by atoms with Gasteiger partial charge < -0.3 is 15.3 Å². The van der Waals surface area contributed by atoms with E-state index in [9.17, 15) is 14.7 Å². The maximum atomic E-state index is 12.9. The number of pyridine rings is 2. The molecule has 1 amide bonds. The first-order valence-corrected chi connectivity index (χ1v) is 12.2. The van der Waals surface area contributed by atoms with E-state index in [1.165, 1.54) is 5.56 Å². The van der Waals surface area contributed by atoms with Gasteiger partial charge in [0.1, 0.15) is 5.82 Å². The summed E-state index contributed by atoms with van der Waals surface area (Å²) in [6.07, 6.45) is 7.52. The fraction of sp³-hybridized carbons (Fsp3) is 0.407. The summed E-state index contributed by atoms with van der Waals surface area (Å²) in [5.74, 6) is 0.140. The quantitative estimate of drug-likeness (QED) is 0.338. The summed E-state index contributed by atoms with van der Waals surface area (Å²) in [6, 6.07) is 13.5. The van der Waals surface area contributed by atoms with Crippen molar-refractivity contribution in [3.8, 4) is 0 Å². The van der Waals surface area contributed by atoms with Crippen molar-refractivity contribution in [2.24, 2.45) is 5.92 Å². The zero-order valence-corrected chi connectivity index (χ0v) is 20.7. The molecule has 1 aromatic carbocycles. The zero-order chi connectivity index (χ0) is 23.5. The molecule has 2 atom stereocenters. The molecule has 35 heavy (non-hydrogen) atoms. The van der Waals surface area contributed by atoms with Gasteiger partial charge in [0, 0.05) is 30.4 Å². The second-order valence-electron chi connectivity index (χ2n) is 9.35. The summed E-state index contributed by atoms with van der Waals surface area (Å²) in [7, 11) is 0. The Labute approximate surface area is 212 Å². The normalized spacial score (nSPS) is 17.7. The van der Waals surface area contributed by atoms with Crippen LogP contribution < -0.4 is 5.32 Å². The molecule has 0 saturated carbocycles. The van der Waals surface area contributed by atoms with Crippen molar-refractivity contribution in [3.05, 3.63) is 65.5 Å². The Balaban J connectivity index is 0.00000289. The molecule has 0 aliphatic carbocycles. The lowest BCUT2D eigenvalue weighted by Crippen LogP contribution is -2.54. The van der Waals surface area contributed by atoms with Gasteiger partial charge in [0.15, 0.2) is 0 Å². The number of amides is 1. The lowest BCUT2D eigenvalue weighted by molar-refractivity contribution is -0.154. The first-order chi connectivity index (χ1) is 16.6. The molecule has 5 rings (SSSR count). The number of para-hydroxylation sites is 1. The van der Waals surface area contributed by atoms with E-state index in [4.69, 9.17) is 4.98 Å². The molecule has 2 aliphatic heterocycles. The van der Waals surface area contributed by atoms with Gasteiger partial charge in [-0.05, 0) is 61.4 Å². The number of hydrogen-bond acceptors (Lipinski definition) is 5. The predicted molar refractivity (Wildman–Crippen MR) is 141 cm³/mol. The van der Waals surface area contributed by atoms with E-state index >= 15 is 0 Å². The van der Waals surface area contributed by atoms with E-state index in [1.54, 1.807) is 11.1 Å². The van der Waals surface area contributed by atoms with Crippen LogP contribution >= 0.6 is 13.5 Å². The number of aromatic nitrogens is 2. The molecule has 1 unspecified atom stereocenters. The highest BCUT2D eigenvalue weighted by molar-refractivity contribution is 7.59. The second kappa shape index (κ2) is 11.1. The average molecular weight is 493 g/mol. The molecular formula is C27H32N4O3S. The molecule has 8 heteroatoms. The van der Waals surface area contributed by atoms with Gasteiger partial charge in [0.05, 0.1) is 23.9 Å². The van der Waals surface area contributed by atoms with Crippen molar-refractivity contribution in [1.29, 1.82) is 0 Å². The Morgan fingerprint density at radius 3 is 2.89 bits per heavy atom. The number of nitrogens with one attached hydrogen (secondary N) is 1. The Kier molecular flexibility index (Phi) is 7.90. The third kappa shape index (κ3) is 5.59. The lowest BCUT2D eigenvalue weighted by atomic mass is 9.88. The summed E-state index contributed by atoms with van der Waals surface area (Å²) in [6.45, 7) is 1.59. The van der Waals surface area contributed by atoms with Gasteiger partial charge in [-0.1, -0.05) is 30.7 Å². The summed E-state index contributed by atoms with van der Waals surface area (Å²) in [5, 5.41) is 13.8. The Bertz CT molecular complexity index is 1220. The first kappa shape index (κ1) is 25.0. The van der Waals surface area contributed by atoms with Gasteiger partial charge in [0.2, 0.25) is 5.91 Å². The fourth-order valence-corrected chi connectivity index (χ4v) is 5.07. The number of β-lactam (4-membered cyclic amide) rings is 1. The van der Waals surface area contributed by atoms with E-state index in [0.717, 1.165) is 73.0 Å². The average Bonchev–Trinajstić information content (AvgIpc) is 2.86. The topological polar surface area (TPSA) is 95.4 Å². The molecule has 2 aromatic heterocycles. The number of carbonyl (C=O) groups excluding carboxylic acids is 1. The van der Waals surface area contributed by atoms with Crippen LogP contribution in [0.2, 0.25) is 0 Å². The molecule has 1 saturated heterocycles. The van der Waals surface area contributed by atoms with Crippen LogP contribution in [0.5, 0.6) is 0 Å². The summed E-state index contributed by atoms with van der Waals surface area (Å²) >= 11 is 0. The molecule has 184 valence electrons. The van der Waals surface area contributed by atoms with Crippen LogP contribution in [0.15, 0.2) is 48.7 Å². The van der Waals surface area contributed by atoms with E-state index in [1.807, 2.05) is 30.3 Å². The Morgan fingerprint density at radius 2 is 2.06 bits per heavy atom. The van der Waals surface area contributed by atoms with Crippen LogP contribution in [0.4, 0.5) is 5.82 Å². The Hall–Kier alpha value is -3.13. The minimum Gasteiger partial charge on any atom is -0.481 e. The van der Waals surface area contributed by atoms with Gasteiger partial charge in [-0.3, -0.25) is 14.6 Å². The molecule has 1 fully saturated rings. The number of nitrogens with zero attached hydrogens (tertiary/aromatic N) is 3. The number of rotatable bonds is 9. The van der Waals surface area contributed by atoms with Crippen molar-refractivity contribution < 1.29 is 14.7 Å². The van der Waals surface area contributed by atoms with Crippen molar-refractivity contribution in [1.82, 2.24) is 14.9 Å².